The zero-order chi connectivity index (χ0) is 23.6. The van der Waals surface area contributed by atoms with Gasteiger partial charge in [0.1, 0.15) is 18.1 Å². The van der Waals surface area contributed by atoms with Gasteiger partial charge in [0.15, 0.2) is 5.76 Å². The number of nitrogens with zero attached hydrogens (tertiary/aromatic N) is 1. The molecule has 1 aromatic heterocycles. The predicted molar refractivity (Wildman–Crippen MR) is 127 cm³/mol. The zero-order valence-corrected chi connectivity index (χ0v) is 18.4. The van der Waals surface area contributed by atoms with Crippen molar-refractivity contribution in [2.45, 2.75) is 19.6 Å². The van der Waals surface area contributed by atoms with E-state index in [9.17, 15) is 4.79 Å². The van der Waals surface area contributed by atoms with Crippen molar-refractivity contribution in [2.75, 3.05) is 0 Å². The zero-order valence-electron chi connectivity index (χ0n) is 18.4. The number of hydrogen-bond donors (Lipinski definition) is 2. The minimum absolute atomic E-state index is 0.106. The molecule has 4 aromatic rings. The lowest BCUT2D eigenvalue weighted by Gasteiger charge is -2.12. The van der Waals surface area contributed by atoms with Gasteiger partial charge in [0.05, 0.1) is 18.7 Å². The first kappa shape index (κ1) is 22.8. The highest BCUT2D eigenvalue weighted by molar-refractivity contribution is 5.73. The van der Waals surface area contributed by atoms with E-state index < -0.39 is 5.97 Å². The lowest BCUT2D eigenvalue weighted by atomic mass is 10.1. The van der Waals surface area contributed by atoms with E-state index in [1.165, 1.54) is 0 Å². The van der Waals surface area contributed by atoms with Gasteiger partial charge >= 0.3 is 5.97 Å². The average Bonchev–Trinajstić information content (AvgIpc) is 3.36. The summed E-state index contributed by atoms with van der Waals surface area (Å²) in [5, 5.41) is 13.1. The fourth-order valence-electron chi connectivity index (χ4n) is 3.19. The molecule has 0 radical (unpaired) electrons. The Kier molecular flexibility index (Phi) is 7.71. The number of carboxylic acids is 1. The van der Waals surface area contributed by atoms with Crippen LogP contribution in [0, 0.1) is 0 Å². The minimum atomic E-state index is -0.910. The normalized spacial score (nSPS) is 11.2. The molecule has 0 amide bonds. The molecule has 0 saturated heterocycles. The number of carboxylic acid groups (broad SMARTS) is 1. The molecule has 0 unspecified atom stereocenters. The van der Waals surface area contributed by atoms with Gasteiger partial charge in [0, 0.05) is 11.6 Å². The molecule has 3 aromatic carbocycles. The highest BCUT2D eigenvalue weighted by Crippen LogP contribution is 2.20. The van der Waals surface area contributed by atoms with Crippen molar-refractivity contribution in [1.82, 2.24) is 10.6 Å². The van der Waals surface area contributed by atoms with Crippen molar-refractivity contribution in [3.8, 4) is 17.0 Å². The number of hydroxylamine groups is 1. The predicted octanol–water partition coefficient (Wildman–Crippen LogP) is 5.46. The molecule has 0 spiro atoms. The van der Waals surface area contributed by atoms with Crippen LogP contribution in [0.5, 0.6) is 5.75 Å². The molecule has 1 heterocycles. The Balaban J connectivity index is 1.28. The monoisotopic (exact) mass is 456 g/mol. The topological polar surface area (TPSA) is 93.8 Å². The Hall–Kier alpha value is -4.36. The summed E-state index contributed by atoms with van der Waals surface area (Å²) in [5.41, 5.74) is 7.00. The van der Waals surface area contributed by atoms with Gasteiger partial charge in [-0.05, 0) is 29.3 Å². The number of rotatable bonds is 11. The summed E-state index contributed by atoms with van der Waals surface area (Å²) < 4.78 is 11.2. The molecule has 34 heavy (non-hydrogen) atoms. The Morgan fingerprint density at radius 2 is 1.65 bits per heavy atom. The van der Waals surface area contributed by atoms with Gasteiger partial charge in [0.2, 0.25) is 0 Å². The van der Waals surface area contributed by atoms with E-state index in [2.05, 4.69) is 10.6 Å². The molecule has 0 bridgehead atoms. The molecule has 7 nitrogen and oxygen atoms in total. The summed E-state index contributed by atoms with van der Waals surface area (Å²) in [6.07, 6.45) is 1.48. The van der Waals surface area contributed by atoms with Crippen molar-refractivity contribution in [1.29, 1.82) is 0 Å². The van der Waals surface area contributed by atoms with E-state index in [0.717, 1.165) is 22.4 Å². The Morgan fingerprint density at radius 1 is 0.941 bits per heavy atom. The maximum absolute atomic E-state index is 10.9. The molecule has 0 aliphatic rings. The van der Waals surface area contributed by atoms with Crippen molar-refractivity contribution < 1.29 is 24.0 Å². The van der Waals surface area contributed by atoms with Crippen LogP contribution in [-0.2, 0) is 22.8 Å². The summed E-state index contributed by atoms with van der Waals surface area (Å²) in [5.74, 6) is 0.421. The van der Waals surface area contributed by atoms with E-state index >= 15 is 0 Å². The molecule has 4 rings (SSSR count). The second-order valence-corrected chi connectivity index (χ2v) is 7.45. The Morgan fingerprint density at radius 3 is 2.35 bits per heavy atom. The van der Waals surface area contributed by atoms with Crippen LogP contribution < -0.4 is 10.2 Å². The number of hydrogen-bond acceptors (Lipinski definition) is 6. The van der Waals surface area contributed by atoms with E-state index in [-0.39, 0.29) is 13.0 Å². The summed E-state index contributed by atoms with van der Waals surface area (Å²) in [4.78, 5) is 16.5. The second-order valence-electron chi connectivity index (χ2n) is 7.45. The Bertz CT molecular complexity index is 1220. The maximum Gasteiger partial charge on any atom is 0.307 e. The first-order valence-corrected chi connectivity index (χ1v) is 10.8. The second kappa shape index (κ2) is 11.5. The molecule has 2 N–H and O–H groups in total. The smallest absolute Gasteiger partial charge is 0.307 e. The molecule has 0 aliphatic heterocycles. The summed E-state index contributed by atoms with van der Waals surface area (Å²) in [6.45, 7) is 0.562. The van der Waals surface area contributed by atoms with Crippen LogP contribution in [0.4, 0.5) is 0 Å². The fourth-order valence-corrected chi connectivity index (χ4v) is 3.19. The number of ether oxygens (including phenoxy) is 1. The molecule has 7 heteroatoms. The number of benzene rings is 3. The largest absolute Gasteiger partial charge is 0.486 e. The van der Waals surface area contributed by atoms with Gasteiger partial charge in [-0.1, -0.05) is 78.0 Å². The number of aliphatic carboxylic acids is 1. The van der Waals surface area contributed by atoms with E-state index in [1.54, 1.807) is 6.08 Å². The van der Waals surface area contributed by atoms with Gasteiger partial charge in [-0.15, -0.1) is 0 Å². The molecule has 172 valence electrons. The van der Waals surface area contributed by atoms with Crippen molar-refractivity contribution in [3.63, 3.8) is 0 Å². The highest BCUT2D eigenvalue weighted by Gasteiger charge is 2.07. The maximum atomic E-state index is 10.9. The van der Waals surface area contributed by atoms with Crippen LogP contribution in [0.15, 0.2) is 102 Å². The van der Waals surface area contributed by atoms with Crippen molar-refractivity contribution in [2.24, 2.45) is 0 Å². The van der Waals surface area contributed by atoms with E-state index in [1.807, 2.05) is 91.0 Å². The third-order valence-corrected chi connectivity index (χ3v) is 4.92. The summed E-state index contributed by atoms with van der Waals surface area (Å²) in [6, 6.07) is 28.6. The molecule has 0 fully saturated rings. The van der Waals surface area contributed by atoms with Crippen LogP contribution in [0.3, 0.4) is 0 Å². The van der Waals surface area contributed by atoms with Crippen LogP contribution in [0.1, 0.15) is 23.3 Å². The first-order chi connectivity index (χ1) is 16.7. The molecule has 0 atom stereocenters. The molecular formula is C27H24N2O5. The quantitative estimate of drug-likeness (QED) is 0.290. The van der Waals surface area contributed by atoms with Crippen molar-refractivity contribution in [3.05, 3.63) is 114 Å². The van der Waals surface area contributed by atoms with Crippen LogP contribution in [0.2, 0.25) is 0 Å². The average molecular weight is 456 g/mol. The van der Waals surface area contributed by atoms with Gasteiger partial charge in [-0.3, -0.25) is 15.1 Å². The third kappa shape index (κ3) is 6.57. The van der Waals surface area contributed by atoms with Crippen molar-refractivity contribution >= 4 is 11.7 Å². The van der Waals surface area contributed by atoms with Gasteiger partial charge in [-0.2, -0.15) is 0 Å². The van der Waals surface area contributed by atoms with Gasteiger partial charge in [-0.25, -0.2) is 0 Å². The summed E-state index contributed by atoms with van der Waals surface area (Å²) in [7, 11) is 0. The van der Waals surface area contributed by atoms with Gasteiger partial charge < -0.3 is 14.4 Å². The highest BCUT2D eigenvalue weighted by atomic mass is 16.6. The SMILES string of the molecule is O=C(O)CC=C(NOCc1ccc(OCc2cc(-c3ccccc3)no2)cc1)c1ccccc1. The lowest BCUT2D eigenvalue weighted by molar-refractivity contribution is -0.136. The summed E-state index contributed by atoms with van der Waals surface area (Å²) >= 11 is 0. The number of carbonyl (C=O) groups is 1. The Labute approximate surface area is 197 Å². The van der Waals surface area contributed by atoms with Gasteiger partial charge in [0.25, 0.3) is 0 Å². The lowest BCUT2D eigenvalue weighted by Crippen LogP contribution is -2.13. The number of aromatic nitrogens is 1. The van der Waals surface area contributed by atoms with E-state index in [4.69, 9.17) is 19.2 Å². The molecule has 0 saturated carbocycles. The van der Waals surface area contributed by atoms with Crippen LogP contribution >= 0.6 is 0 Å². The van der Waals surface area contributed by atoms with Crippen LogP contribution in [0.25, 0.3) is 17.0 Å². The first-order valence-electron chi connectivity index (χ1n) is 10.8. The van der Waals surface area contributed by atoms with Crippen LogP contribution in [-0.4, -0.2) is 16.2 Å². The molecule has 0 aliphatic carbocycles. The molecular weight excluding hydrogens is 432 g/mol. The van der Waals surface area contributed by atoms with E-state index in [0.29, 0.717) is 23.8 Å². The third-order valence-electron chi connectivity index (χ3n) is 4.92. The fraction of sp³-hybridized carbons (Fsp3) is 0.111. The standard InChI is InChI=1S/C27H24N2O5/c30-27(31)16-15-25(21-7-3-1-4-8-21)28-33-18-20-11-13-23(14-12-20)32-19-24-17-26(29-34-24)22-9-5-2-6-10-22/h1-15,17,28H,16,18-19H2,(H,30,31). The number of nitrogens with one attached hydrogen (secondary N) is 1. The minimum Gasteiger partial charge on any atom is -0.486 e.